The van der Waals surface area contributed by atoms with Gasteiger partial charge >= 0.3 is 0 Å². The van der Waals surface area contributed by atoms with Gasteiger partial charge in [-0.25, -0.2) is 4.99 Å². The molecule has 1 N–H and O–H groups in total. The largest absolute Gasteiger partial charge is 0.345 e. The Hall–Kier alpha value is -0.670. The Bertz CT molecular complexity index is 419. The van der Waals surface area contributed by atoms with Gasteiger partial charge in [0.25, 0.3) is 0 Å². The van der Waals surface area contributed by atoms with Crippen molar-refractivity contribution in [1.29, 1.82) is 0 Å². The molecule has 0 aromatic heterocycles. The monoisotopic (exact) mass is 393 g/mol. The number of quaternary nitrogens is 1. The number of aliphatic imine (C=N–C) groups is 1. The molecule has 0 amide bonds. The van der Waals surface area contributed by atoms with Gasteiger partial charge in [0, 0.05) is 13.3 Å². The molecule has 0 aromatic carbocycles. The van der Waals surface area contributed by atoms with E-state index in [0.717, 1.165) is 30.4 Å². The van der Waals surface area contributed by atoms with Crippen molar-refractivity contribution < 1.29 is 9.59 Å². The lowest BCUT2D eigenvalue weighted by Crippen LogP contribution is -2.57. The van der Waals surface area contributed by atoms with Gasteiger partial charge in [-0.1, -0.05) is 83.3 Å². The van der Waals surface area contributed by atoms with Crippen LogP contribution in [0.2, 0.25) is 0 Å². The van der Waals surface area contributed by atoms with Crippen molar-refractivity contribution in [3.8, 4) is 0 Å². The third-order valence-electron chi connectivity index (χ3n) is 6.60. The summed E-state index contributed by atoms with van der Waals surface area (Å²) in [6, 6.07) is 0. The Labute approximate surface area is 175 Å². The number of aliphatic hydroxyl groups excluding tert-OH is 1. The third-order valence-corrected chi connectivity index (χ3v) is 6.60. The smallest absolute Gasteiger partial charge is 0.189 e. The van der Waals surface area contributed by atoms with Crippen LogP contribution in [0.25, 0.3) is 0 Å². The van der Waals surface area contributed by atoms with Gasteiger partial charge in [0.05, 0.1) is 12.8 Å². The van der Waals surface area contributed by atoms with Crippen molar-refractivity contribution in [1.82, 2.24) is 0 Å². The first kappa shape index (κ1) is 25.4. The van der Waals surface area contributed by atoms with E-state index in [2.05, 4.69) is 31.0 Å². The van der Waals surface area contributed by atoms with Crippen LogP contribution in [0.3, 0.4) is 0 Å². The molecule has 0 saturated heterocycles. The molecule has 0 saturated carbocycles. The molecule has 0 aliphatic carbocycles. The molecular weight excluding hydrogens is 344 g/mol. The highest BCUT2D eigenvalue weighted by Gasteiger charge is 2.41. The Kier molecular flexibility index (Phi) is 14.6. The molecule has 164 valence electrons. The molecule has 28 heavy (non-hydrogen) atoms. The number of hydrogen-bond acceptors (Lipinski definition) is 2. The summed E-state index contributed by atoms with van der Waals surface area (Å²) in [6.45, 7) is 8.21. The Morgan fingerprint density at radius 2 is 1.43 bits per heavy atom. The van der Waals surface area contributed by atoms with Crippen LogP contribution in [0.5, 0.6) is 0 Å². The Morgan fingerprint density at radius 1 is 0.893 bits per heavy atom. The first-order valence-corrected chi connectivity index (χ1v) is 12.4. The van der Waals surface area contributed by atoms with Crippen LogP contribution in [0, 0.1) is 0 Å². The summed E-state index contributed by atoms with van der Waals surface area (Å²) in [5, 5.41) is 10.2. The number of hydrogen-bond donors (Lipinski definition) is 1. The zero-order valence-corrected chi connectivity index (χ0v) is 19.2. The van der Waals surface area contributed by atoms with Gasteiger partial charge in [-0.15, -0.1) is 0 Å². The number of rotatable bonds is 18. The van der Waals surface area contributed by atoms with Crippen LogP contribution in [-0.4, -0.2) is 41.3 Å². The average molecular weight is 394 g/mol. The summed E-state index contributed by atoms with van der Waals surface area (Å²) < 4.78 is 0.725. The van der Waals surface area contributed by atoms with Crippen molar-refractivity contribution in [2.24, 2.45) is 4.99 Å². The molecule has 3 heteroatoms. The quantitative estimate of drug-likeness (QED) is 0.152. The predicted octanol–water partition coefficient (Wildman–Crippen LogP) is 7.00. The Balaban J connectivity index is 1.93. The number of nitrogens with zero attached hydrogens (tertiary/aromatic N) is 2. The first-order chi connectivity index (χ1) is 13.7. The number of allylic oxidation sites excluding steroid dienone is 2. The van der Waals surface area contributed by atoms with Crippen molar-refractivity contribution in [3.05, 3.63) is 12.2 Å². The van der Waals surface area contributed by atoms with E-state index in [1.807, 2.05) is 13.1 Å². The van der Waals surface area contributed by atoms with Crippen LogP contribution < -0.4 is 0 Å². The van der Waals surface area contributed by atoms with E-state index in [0.29, 0.717) is 0 Å². The minimum Gasteiger partial charge on any atom is -0.345 e. The van der Waals surface area contributed by atoms with Crippen molar-refractivity contribution in [2.45, 2.75) is 129 Å². The summed E-state index contributed by atoms with van der Waals surface area (Å²) in [5.74, 6) is 0. The molecule has 0 fully saturated rings. The highest BCUT2D eigenvalue weighted by molar-refractivity contribution is 5.60. The Morgan fingerprint density at radius 3 is 1.96 bits per heavy atom. The van der Waals surface area contributed by atoms with Crippen LogP contribution in [-0.2, 0) is 0 Å². The zero-order chi connectivity index (χ0) is 20.5. The molecule has 3 nitrogen and oxygen atoms in total. The minimum atomic E-state index is -0.325. The SMILES string of the molecule is CCCCCCCCCCCCC/C=C/CCCC1N=CC[N+]1(CC)C(C)O. The van der Waals surface area contributed by atoms with Crippen LogP contribution in [0.4, 0.5) is 0 Å². The maximum Gasteiger partial charge on any atom is 0.189 e. The van der Waals surface area contributed by atoms with E-state index in [4.69, 9.17) is 0 Å². The fourth-order valence-corrected chi connectivity index (χ4v) is 4.49. The van der Waals surface area contributed by atoms with E-state index in [-0.39, 0.29) is 12.4 Å². The molecule has 1 heterocycles. The predicted molar refractivity (Wildman–Crippen MR) is 124 cm³/mol. The second-order valence-electron chi connectivity index (χ2n) is 8.77. The fraction of sp³-hybridized carbons (Fsp3) is 0.880. The normalized spacial score (nSPS) is 23.1. The summed E-state index contributed by atoms with van der Waals surface area (Å²) >= 11 is 0. The summed E-state index contributed by atoms with van der Waals surface area (Å²) in [7, 11) is 0. The van der Waals surface area contributed by atoms with E-state index < -0.39 is 0 Å². The van der Waals surface area contributed by atoms with Gasteiger partial charge in [0.1, 0.15) is 6.54 Å². The molecule has 0 spiro atoms. The zero-order valence-electron chi connectivity index (χ0n) is 19.2. The maximum atomic E-state index is 10.2. The topological polar surface area (TPSA) is 32.6 Å². The number of unbranched alkanes of at least 4 members (excludes halogenated alkanes) is 12. The molecule has 1 rings (SSSR count). The highest BCUT2D eigenvalue weighted by atomic mass is 16.3. The lowest BCUT2D eigenvalue weighted by molar-refractivity contribution is -0.976. The molecule has 1 aliphatic heterocycles. The van der Waals surface area contributed by atoms with E-state index in [1.54, 1.807) is 0 Å². The van der Waals surface area contributed by atoms with Crippen LogP contribution in [0.1, 0.15) is 117 Å². The van der Waals surface area contributed by atoms with Gasteiger partial charge in [0.15, 0.2) is 12.4 Å². The highest BCUT2D eigenvalue weighted by Crippen LogP contribution is 2.26. The fourth-order valence-electron chi connectivity index (χ4n) is 4.49. The van der Waals surface area contributed by atoms with Gasteiger partial charge < -0.3 is 5.11 Å². The molecule has 3 unspecified atom stereocenters. The third kappa shape index (κ3) is 9.69. The van der Waals surface area contributed by atoms with Gasteiger partial charge in [0.2, 0.25) is 0 Å². The van der Waals surface area contributed by atoms with Crippen LogP contribution >= 0.6 is 0 Å². The standard InChI is InChI=1S/C25H49N2O/c1-4-6-7-8-9-10-11-12-13-14-15-16-17-18-19-20-21-25-26-22-23-27(25,5-2)24(3)28/h17-18,22,24-25,28H,4-16,19-21,23H2,1-3H3/q+1/b18-17+. The van der Waals surface area contributed by atoms with Crippen molar-refractivity contribution in [3.63, 3.8) is 0 Å². The summed E-state index contributed by atoms with van der Waals surface area (Å²) in [4.78, 5) is 4.65. The molecule has 0 radical (unpaired) electrons. The maximum absolute atomic E-state index is 10.2. The molecule has 3 atom stereocenters. The lowest BCUT2D eigenvalue weighted by Gasteiger charge is -2.40. The minimum absolute atomic E-state index is 0.255. The second kappa shape index (κ2) is 16.2. The van der Waals surface area contributed by atoms with Crippen LogP contribution in [0.15, 0.2) is 17.1 Å². The average Bonchev–Trinajstić information content (AvgIpc) is 3.12. The van der Waals surface area contributed by atoms with E-state index in [9.17, 15) is 5.11 Å². The van der Waals surface area contributed by atoms with Crippen molar-refractivity contribution >= 4 is 6.21 Å². The molecule has 1 aliphatic rings. The summed E-state index contributed by atoms with van der Waals surface area (Å²) in [5.41, 5.74) is 0. The van der Waals surface area contributed by atoms with E-state index in [1.165, 1.54) is 83.5 Å². The summed E-state index contributed by atoms with van der Waals surface area (Å²) in [6.07, 6.45) is 26.9. The van der Waals surface area contributed by atoms with Crippen molar-refractivity contribution in [2.75, 3.05) is 13.1 Å². The molecule has 0 bridgehead atoms. The van der Waals surface area contributed by atoms with Gasteiger partial charge in [-0.05, 0) is 32.6 Å². The number of aliphatic hydroxyl groups is 1. The van der Waals surface area contributed by atoms with Gasteiger partial charge in [-0.3, -0.25) is 4.48 Å². The lowest BCUT2D eigenvalue weighted by atomic mass is 10.1. The second-order valence-corrected chi connectivity index (χ2v) is 8.77. The molecular formula is C25H49N2O+. The van der Waals surface area contributed by atoms with Gasteiger partial charge in [-0.2, -0.15) is 0 Å². The first-order valence-electron chi connectivity index (χ1n) is 12.4. The van der Waals surface area contributed by atoms with E-state index >= 15 is 0 Å². The molecule has 0 aromatic rings.